The molecule has 2 amide bonds. The van der Waals surface area contributed by atoms with E-state index in [1.54, 1.807) is 24.3 Å². The van der Waals surface area contributed by atoms with Crippen molar-refractivity contribution in [3.8, 4) is 16.9 Å². The van der Waals surface area contributed by atoms with Gasteiger partial charge in [-0.1, -0.05) is 29.8 Å². The molecule has 2 aromatic heterocycles. The number of hydrogen-bond donors (Lipinski definition) is 2. The first kappa shape index (κ1) is 20.4. The van der Waals surface area contributed by atoms with Crippen LogP contribution in [-0.4, -0.2) is 37.0 Å². The lowest BCUT2D eigenvalue weighted by Crippen LogP contribution is -2.42. The SMILES string of the molecule is Cc1ccc(-c2nc(C)sc2CC(=O)NNC(=O)c2ccc(-n3cnnn3)cc2)cc1. The Hall–Kier alpha value is -3.92. The molecule has 156 valence electrons. The monoisotopic (exact) mass is 433 g/mol. The standard InChI is InChI=1S/C21H19N7O2S/c1-13-3-5-15(6-4-13)20-18(31-14(2)23-20)11-19(29)24-25-21(30)16-7-9-17(10-8-16)28-12-22-26-27-28/h3-10,12H,11H2,1-2H3,(H,24,29)(H,25,30). The number of hydrazine groups is 1. The van der Waals surface area contributed by atoms with Crippen LogP contribution in [0.3, 0.4) is 0 Å². The van der Waals surface area contributed by atoms with Crippen molar-refractivity contribution < 1.29 is 9.59 Å². The molecule has 31 heavy (non-hydrogen) atoms. The maximum absolute atomic E-state index is 12.4. The summed E-state index contributed by atoms with van der Waals surface area (Å²) in [5.74, 6) is -0.744. The summed E-state index contributed by atoms with van der Waals surface area (Å²) in [6.45, 7) is 3.93. The molecule has 0 aliphatic heterocycles. The number of carbonyl (C=O) groups is 2. The van der Waals surface area contributed by atoms with Gasteiger partial charge in [-0.3, -0.25) is 20.4 Å². The predicted octanol–water partition coefficient (Wildman–Crippen LogP) is 2.41. The van der Waals surface area contributed by atoms with Gasteiger partial charge in [-0.25, -0.2) is 9.67 Å². The zero-order valence-electron chi connectivity index (χ0n) is 16.9. The molecule has 0 aliphatic carbocycles. The van der Waals surface area contributed by atoms with Gasteiger partial charge in [0.15, 0.2) is 0 Å². The van der Waals surface area contributed by atoms with Gasteiger partial charge >= 0.3 is 0 Å². The minimum atomic E-state index is -0.421. The molecule has 0 atom stereocenters. The van der Waals surface area contributed by atoms with E-state index >= 15 is 0 Å². The lowest BCUT2D eigenvalue weighted by molar-refractivity contribution is -0.121. The molecule has 0 aliphatic rings. The predicted molar refractivity (Wildman–Crippen MR) is 115 cm³/mol. The van der Waals surface area contributed by atoms with Crippen molar-refractivity contribution in [3.63, 3.8) is 0 Å². The maximum Gasteiger partial charge on any atom is 0.269 e. The molecule has 0 saturated carbocycles. The quantitative estimate of drug-likeness (QED) is 0.467. The molecule has 0 bridgehead atoms. The van der Waals surface area contributed by atoms with Crippen LogP contribution in [-0.2, 0) is 11.2 Å². The number of thiazole rings is 1. The Kier molecular flexibility index (Phi) is 5.80. The van der Waals surface area contributed by atoms with E-state index < -0.39 is 5.91 Å². The zero-order chi connectivity index (χ0) is 21.8. The van der Waals surface area contributed by atoms with E-state index in [0.717, 1.165) is 32.4 Å². The fourth-order valence-corrected chi connectivity index (χ4v) is 3.92. The van der Waals surface area contributed by atoms with Crippen molar-refractivity contribution in [2.45, 2.75) is 20.3 Å². The van der Waals surface area contributed by atoms with Gasteiger partial charge in [-0.2, -0.15) is 0 Å². The molecule has 0 unspecified atom stereocenters. The molecule has 0 radical (unpaired) electrons. The number of tetrazole rings is 1. The number of amides is 2. The van der Waals surface area contributed by atoms with Crippen molar-refractivity contribution in [1.82, 2.24) is 36.0 Å². The van der Waals surface area contributed by atoms with Crippen LogP contribution in [0.5, 0.6) is 0 Å². The third-order valence-electron chi connectivity index (χ3n) is 4.51. The Bertz CT molecular complexity index is 1200. The van der Waals surface area contributed by atoms with Crippen LogP contribution in [0.2, 0.25) is 0 Å². The Labute approximate surface area is 182 Å². The second-order valence-corrected chi connectivity index (χ2v) is 8.14. The van der Waals surface area contributed by atoms with E-state index in [9.17, 15) is 9.59 Å². The molecular weight excluding hydrogens is 414 g/mol. The van der Waals surface area contributed by atoms with Gasteiger partial charge in [0.05, 0.1) is 22.8 Å². The number of nitrogens with one attached hydrogen (secondary N) is 2. The number of rotatable bonds is 5. The van der Waals surface area contributed by atoms with Crippen molar-refractivity contribution >= 4 is 23.2 Å². The molecule has 2 N–H and O–H groups in total. The number of aromatic nitrogens is 5. The summed E-state index contributed by atoms with van der Waals surface area (Å²) < 4.78 is 1.48. The topological polar surface area (TPSA) is 115 Å². The third kappa shape index (κ3) is 4.81. The summed E-state index contributed by atoms with van der Waals surface area (Å²) in [5, 5.41) is 11.8. The van der Waals surface area contributed by atoms with Crippen LogP contribution in [0.25, 0.3) is 16.9 Å². The minimum absolute atomic E-state index is 0.118. The van der Waals surface area contributed by atoms with Gasteiger partial charge < -0.3 is 0 Å². The number of carbonyl (C=O) groups excluding carboxylic acids is 2. The average Bonchev–Trinajstić information content (AvgIpc) is 3.43. The Morgan fingerprint density at radius 3 is 2.42 bits per heavy atom. The Morgan fingerprint density at radius 2 is 1.74 bits per heavy atom. The van der Waals surface area contributed by atoms with Gasteiger partial charge in [-0.15, -0.1) is 16.4 Å². The number of aryl methyl sites for hydroxylation is 2. The van der Waals surface area contributed by atoms with Crippen LogP contribution in [0, 0.1) is 13.8 Å². The molecule has 2 heterocycles. The molecule has 0 fully saturated rings. The third-order valence-corrected chi connectivity index (χ3v) is 5.48. The van der Waals surface area contributed by atoms with Crippen molar-refractivity contribution in [2.75, 3.05) is 0 Å². The van der Waals surface area contributed by atoms with E-state index in [-0.39, 0.29) is 12.3 Å². The molecule has 2 aromatic carbocycles. The smallest absolute Gasteiger partial charge is 0.269 e. The fraction of sp³-hybridized carbons (Fsp3) is 0.143. The average molecular weight is 433 g/mol. The first-order valence-corrected chi connectivity index (χ1v) is 10.3. The molecule has 0 spiro atoms. The summed E-state index contributed by atoms with van der Waals surface area (Å²) in [4.78, 5) is 30.2. The van der Waals surface area contributed by atoms with Crippen LogP contribution in [0.15, 0.2) is 54.9 Å². The lowest BCUT2D eigenvalue weighted by Gasteiger charge is -2.08. The van der Waals surface area contributed by atoms with E-state index in [0.29, 0.717) is 5.56 Å². The van der Waals surface area contributed by atoms with Crippen LogP contribution in [0.4, 0.5) is 0 Å². The highest BCUT2D eigenvalue weighted by atomic mass is 32.1. The minimum Gasteiger partial charge on any atom is -0.273 e. The number of hydrogen-bond acceptors (Lipinski definition) is 7. The van der Waals surface area contributed by atoms with E-state index in [1.807, 2.05) is 38.1 Å². The fourth-order valence-electron chi connectivity index (χ4n) is 2.96. The number of benzene rings is 2. The van der Waals surface area contributed by atoms with Gasteiger partial charge in [0.1, 0.15) is 6.33 Å². The highest BCUT2D eigenvalue weighted by molar-refractivity contribution is 7.12. The van der Waals surface area contributed by atoms with Gasteiger partial charge in [0, 0.05) is 16.0 Å². The second kappa shape index (κ2) is 8.84. The first-order chi connectivity index (χ1) is 15.0. The van der Waals surface area contributed by atoms with E-state index in [1.165, 1.54) is 22.3 Å². The van der Waals surface area contributed by atoms with Gasteiger partial charge in [0.2, 0.25) is 5.91 Å². The van der Waals surface area contributed by atoms with Crippen molar-refractivity contribution in [1.29, 1.82) is 0 Å². The summed E-state index contributed by atoms with van der Waals surface area (Å²) in [6, 6.07) is 14.7. The van der Waals surface area contributed by atoms with Crippen molar-refractivity contribution in [3.05, 3.63) is 75.9 Å². The summed E-state index contributed by atoms with van der Waals surface area (Å²) in [7, 11) is 0. The molecule has 0 saturated heterocycles. The van der Waals surface area contributed by atoms with Crippen molar-refractivity contribution in [2.24, 2.45) is 0 Å². The lowest BCUT2D eigenvalue weighted by atomic mass is 10.1. The summed E-state index contributed by atoms with van der Waals surface area (Å²) in [6.07, 6.45) is 1.58. The molecule has 10 heteroatoms. The van der Waals surface area contributed by atoms with Crippen LogP contribution in [0.1, 0.15) is 25.8 Å². The molecule has 4 rings (SSSR count). The van der Waals surface area contributed by atoms with Gasteiger partial charge in [0.25, 0.3) is 5.91 Å². The van der Waals surface area contributed by atoms with E-state index in [4.69, 9.17) is 0 Å². The first-order valence-electron chi connectivity index (χ1n) is 9.45. The second-order valence-electron chi connectivity index (χ2n) is 6.85. The summed E-state index contributed by atoms with van der Waals surface area (Å²) >= 11 is 1.47. The Morgan fingerprint density at radius 1 is 1.00 bits per heavy atom. The number of nitrogens with zero attached hydrogens (tertiary/aromatic N) is 5. The normalized spacial score (nSPS) is 10.6. The Balaban J connectivity index is 1.37. The molecular formula is C21H19N7O2S. The van der Waals surface area contributed by atoms with Crippen LogP contribution >= 0.6 is 11.3 Å². The highest BCUT2D eigenvalue weighted by Gasteiger charge is 2.15. The highest BCUT2D eigenvalue weighted by Crippen LogP contribution is 2.28. The van der Waals surface area contributed by atoms with Gasteiger partial charge in [-0.05, 0) is 48.5 Å². The van der Waals surface area contributed by atoms with E-state index in [2.05, 4.69) is 31.4 Å². The zero-order valence-corrected chi connectivity index (χ0v) is 17.7. The summed E-state index contributed by atoms with van der Waals surface area (Å²) in [5.41, 5.74) is 8.94. The molecule has 4 aromatic rings. The maximum atomic E-state index is 12.4. The molecule has 9 nitrogen and oxygen atoms in total. The largest absolute Gasteiger partial charge is 0.273 e. The van der Waals surface area contributed by atoms with Crippen LogP contribution < -0.4 is 10.9 Å².